The molecule has 20 heavy (non-hydrogen) atoms. The van der Waals surface area contributed by atoms with E-state index in [0.717, 1.165) is 11.3 Å². The van der Waals surface area contributed by atoms with Gasteiger partial charge in [-0.05, 0) is 35.9 Å². The van der Waals surface area contributed by atoms with E-state index in [0.29, 0.717) is 5.69 Å². The zero-order valence-electron chi connectivity index (χ0n) is 10.9. The minimum Gasteiger partial charge on any atom is -0.497 e. The molecule has 0 fully saturated rings. The summed E-state index contributed by atoms with van der Waals surface area (Å²) in [4.78, 5) is 0. The highest BCUT2D eigenvalue weighted by molar-refractivity contribution is 6.33. The van der Waals surface area contributed by atoms with Gasteiger partial charge >= 0.3 is 0 Å². The number of nitrogens with one attached hydrogen (secondary N) is 1. The van der Waals surface area contributed by atoms with Crippen LogP contribution < -0.4 is 10.1 Å². The van der Waals surface area contributed by atoms with Crippen molar-refractivity contribution in [3.63, 3.8) is 0 Å². The van der Waals surface area contributed by atoms with Crippen LogP contribution in [0.4, 0.5) is 10.1 Å². The third-order valence-corrected chi connectivity index (χ3v) is 3.23. The number of aliphatic hydroxyl groups is 1. The van der Waals surface area contributed by atoms with Crippen molar-refractivity contribution in [2.24, 2.45) is 0 Å². The van der Waals surface area contributed by atoms with Crippen LogP contribution in [-0.2, 0) is 0 Å². The van der Waals surface area contributed by atoms with Gasteiger partial charge in [-0.3, -0.25) is 0 Å². The summed E-state index contributed by atoms with van der Waals surface area (Å²) in [7, 11) is 1.59. The Bertz CT molecular complexity index is 575. The lowest BCUT2D eigenvalue weighted by Crippen LogP contribution is -2.12. The number of methoxy groups -OCH3 is 1. The maximum atomic E-state index is 12.9. The standard InChI is InChI=1S/C15H15ClFNO2/c1-20-12-5-2-10(3-6-12)15(19)9-18-14-7-4-11(17)8-13(14)16/h2-8,15,18-19H,9H2,1H3. The van der Waals surface area contributed by atoms with E-state index >= 15 is 0 Å². The molecule has 0 aromatic heterocycles. The Morgan fingerprint density at radius 2 is 1.95 bits per heavy atom. The predicted molar refractivity (Wildman–Crippen MR) is 77.9 cm³/mol. The van der Waals surface area contributed by atoms with Gasteiger partial charge in [0.25, 0.3) is 0 Å². The van der Waals surface area contributed by atoms with Crippen molar-refractivity contribution in [1.82, 2.24) is 0 Å². The van der Waals surface area contributed by atoms with E-state index in [4.69, 9.17) is 16.3 Å². The highest BCUT2D eigenvalue weighted by Crippen LogP contribution is 2.24. The zero-order chi connectivity index (χ0) is 14.5. The molecule has 2 N–H and O–H groups in total. The topological polar surface area (TPSA) is 41.5 Å². The van der Waals surface area contributed by atoms with Gasteiger partial charge in [0, 0.05) is 6.54 Å². The summed E-state index contributed by atoms with van der Waals surface area (Å²) in [5.41, 5.74) is 1.34. The molecular weight excluding hydrogens is 281 g/mol. The van der Waals surface area contributed by atoms with Crippen LogP contribution in [0.3, 0.4) is 0 Å². The molecule has 106 valence electrons. The Balaban J connectivity index is 1.98. The lowest BCUT2D eigenvalue weighted by molar-refractivity contribution is 0.191. The number of rotatable bonds is 5. The van der Waals surface area contributed by atoms with Gasteiger partial charge in [-0.15, -0.1) is 0 Å². The van der Waals surface area contributed by atoms with Crippen LogP contribution in [0.1, 0.15) is 11.7 Å². The summed E-state index contributed by atoms with van der Waals surface area (Å²) in [5.74, 6) is 0.340. The van der Waals surface area contributed by atoms with Crippen molar-refractivity contribution in [3.05, 3.63) is 58.9 Å². The monoisotopic (exact) mass is 295 g/mol. The molecule has 5 heteroatoms. The first-order valence-electron chi connectivity index (χ1n) is 6.11. The number of halogens is 2. The second-order valence-electron chi connectivity index (χ2n) is 4.29. The fraction of sp³-hybridized carbons (Fsp3) is 0.200. The third kappa shape index (κ3) is 3.62. The van der Waals surface area contributed by atoms with Crippen molar-refractivity contribution >= 4 is 17.3 Å². The van der Waals surface area contributed by atoms with E-state index in [2.05, 4.69) is 5.32 Å². The number of hydrogen-bond donors (Lipinski definition) is 2. The molecule has 0 heterocycles. The SMILES string of the molecule is COc1ccc(C(O)CNc2ccc(F)cc2Cl)cc1. The Morgan fingerprint density at radius 1 is 1.25 bits per heavy atom. The van der Waals surface area contributed by atoms with Gasteiger partial charge in [0.05, 0.1) is 23.9 Å². The van der Waals surface area contributed by atoms with E-state index in [1.54, 1.807) is 37.4 Å². The Hall–Kier alpha value is -1.78. The molecule has 0 saturated carbocycles. The number of benzene rings is 2. The van der Waals surface area contributed by atoms with Crippen molar-refractivity contribution in [3.8, 4) is 5.75 Å². The molecule has 0 bridgehead atoms. The maximum absolute atomic E-state index is 12.9. The van der Waals surface area contributed by atoms with Gasteiger partial charge in [-0.25, -0.2) is 4.39 Å². The van der Waals surface area contributed by atoms with Crippen LogP contribution in [0.15, 0.2) is 42.5 Å². The molecule has 0 aliphatic carbocycles. The lowest BCUT2D eigenvalue weighted by Gasteiger charge is -2.14. The van der Waals surface area contributed by atoms with Crippen LogP contribution >= 0.6 is 11.6 Å². The minimum absolute atomic E-state index is 0.275. The first kappa shape index (κ1) is 14.6. The second-order valence-corrected chi connectivity index (χ2v) is 4.70. The molecule has 0 aliphatic rings. The number of aliphatic hydroxyl groups excluding tert-OH is 1. The molecule has 2 rings (SSSR count). The summed E-state index contributed by atoms with van der Waals surface area (Å²) in [5, 5.41) is 13.3. The summed E-state index contributed by atoms with van der Waals surface area (Å²) in [6.45, 7) is 0.275. The van der Waals surface area contributed by atoms with E-state index < -0.39 is 11.9 Å². The third-order valence-electron chi connectivity index (χ3n) is 2.92. The highest BCUT2D eigenvalue weighted by Gasteiger charge is 2.09. The fourth-order valence-electron chi connectivity index (χ4n) is 1.78. The van der Waals surface area contributed by atoms with E-state index in [1.807, 2.05) is 0 Å². The molecule has 0 amide bonds. The lowest BCUT2D eigenvalue weighted by atomic mass is 10.1. The average Bonchev–Trinajstić information content (AvgIpc) is 2.46. The number of hydrogen-bond acceptors (Lipinski definition) is 3. The zero-order valence-corrected chi connectivity index (χ0v) is 11.7. The molecule has 1 unspecified atom stereocenters. The summed E-state index contributed by atoms with van der Waals surface area (Å²) < 4.78 is 18.0. The van der Waals surface area contributed by atoms with Crippen LogP contribution in [0.2, 0.25) is 5.02 Å². The summed E-state index contributed by atoms with van der Waals surface area (Å²) >= 11 is 5.90. The van der Waals surface area contributed by atoms with Crippen LogP contribution in [-0.4, -0.2) is 18.8 Å². The Kier molecular flexibility index (Phi) is 4.82. The minimum atomic E-state index is -0.693. The van der Waals surface area contributed by atoms with Gasteiger partial charge < -0.3 is 15.2 Å². The highest BCUT2D eigenvalue weighted by atomic mass is 35.5. The quantitative estimate of drug-likeness (QED) is 0.885. The Morgan fingerprint density at radius 3 is 2.55 bits per heavy atom. The van der Waals surface area contributed by atoms with Gasteiger partial charge in [0.2, 0.25) is 0 Å². The maximum Gasteiger partial charge on any atom is 0.124 e. The van der Waals surface area contributed by atoms with Crippen LogP contribution in [0.25, 0.3) is 0 Å². The molecule has 2 aromatic rings. The Labute approximate surface area is 122 Å². The molecule has 0 aliphatic heterocycles. The van der Waals surface area contributed by atoms with Crippen molar-refractivity contribution in [2.75, 3.05) is 19.0 Å². The molecular formula is C15H15ClFNO2. The first-order chi connectivity index (χ1) is 9.60. The van der Waals surface area contributed by atoms with E-state index in [9.17, 15) is 9.50 Å². The van der Waals surface area contributed by atoms with Gasteiger partial charge in [-0.1, -0.05) is 23.7 Å². The fourth-order valence-corrected chi connectivity index (χ4v) is 2.02. The van der Waals surface area contributed by atoms with Crippen LogP contribution in [0, 0.1) is 5.82 Å². The first-order valence-corrected chi connectivity index (χ1v) is 6.49. The average molecular weight is 296 g/mol. The van der Waals surface area contributed by atoms with Gasteiger partial charge in [-0.2, -0.15) is 0 Å². The van der Waals surface area contributed by atoms with Gasteiger partial charge in [0.1, 0.15) is 11.6 Å². The van der Waals surface area contributed by atoms with Crippen molar-refractivity contribution < 1.29 is 14.2 Å². The smallest absolute Gasteiger partial charge is 0.124 e. The molecule has 0 saturated heterocycles. The van der Waals surface area contributed by atoms with Gasteiger partial charge in [0.15, 0.2) is 0 Å². The number of ether oxygens (including phenoxy) is 1. The van der Waals surface area contributed by atoms with Crippen molar-refractivity contribution in [1.29, 1.82) is 0 Å². The molecule has 0 spiro atoms. The summed E-state index contributed by atoms with van der Waals surface area (Å²) in [6, 6.07) is 11.2. The van der Waals surface area contributed by atoms with Crippen LogP contribution in [0.5, 0.6) is 5.75 Å². The molecule has 3 nitrogen and oxygen atoms in total. The largest absolute Gasteiger partial charge is 0.497 e. The second kappa shape index (κ2) is 6.59. The number of anilines is 1. The van der Waals surface area contributed by atoms with E-state index in [-0.39, 0.29) is 11.6 Å². The molecule has 2 aromatic carbocycles. The molecule has 1 atom stereocenters. The predicted octanol–water partition coefficient (Wildman–Crippen LogP) is 3.63. The van der Waals surface area contributed by atoms with E-state index in [1.165, 1.54) is 12.1 Å². The summed E-state index contributed by atoms with van der Waals surface area (Å²) in [6.07, 6.45) is -0.693. The molecule has 0 radical (unpaired) electrons. The van der Waals surface area contributed by atoms with Crippen molar-refractivity contribution in [2.45, 2.75) is 6.10 Å². The normalized spacial score (nSPS) is 12.0.